The van der Waals surface area contributed by atoms with E-state index in [4.69, 9.17) is 5.73 Å². The van der Waals surface area contributed by atoms with Gasteiger partial charge in [-0.15, -0.1) is 0 Å². The lowest BCUT2D eigenvalue weighted by Crippen LogP contribution is -2.31. The van der Waals surface area contributed by atoms with Crippen LogP contribution in [0.3, 0.4) is 0 Å². The molecule has 1 aliphatic rings. The van der Waals surface area contributed by atoms with Gasteiger partial charge in [-0.3, -0.25) is 4.79 Å². The summed E-state index contributed by atoms with van der Waals surface area (Å²) in [5.74, 6) is 0. The third-order valence-corrected chi connectivity index (χ3v) is 3.86. The van der Waals surface area contributed by atoms with Crippen LogP contribution in [0.5, 0.6) is 0 Å². The summed E-state index contributed by atoms with van der Waals surface area (Å²) in [6.07, 6.45) is 8.12. The molecule has 4 heteroatoms. The molecule has 4 nitrogen and oxygen atoms in total. The molecule has 1 aromatic heterocycles. The fourth-order valence-electron chi connectivity index (χ4n) is 2.74. The fraction of sp³-hybridized carbons (Fsp3) is 0.643. The average Bonchev–Trinajstić information content (AvgIpc) is 2.87. The number of aromatic nitrogens is 1. The highest BCUT2D eigenvalue weighted by Crippen LogP contribution is 2.22. The van der Waals surface area contributed by atoms with Crippen LogP contribution in [0.1, 0.15) is 32.1 Å². The van der Waals surface area contributed by atoms with Crippen LogP contribution in [0.4, 0.5) is 5.69 Å². The molecule has 0 aromatic carbocycles. The maximum Gasteiger partial charge on any atom is 0.250 e. The van der Waals surface area contributed by atoms with Crippen molar-refractivity contribution in [3.05, 3.63) is 28.7 Å². The van der Waals surface area contributed by atoms with Gasteiger partial charge in [0.2, 0.25) is 0 Å². The van der Waals surface area contributed by atoms with Crippen LogP contribution in [0.2, 0.25) is 0 Å². The van der Waals surface area contributed by atoms with E-state index in [9.17, 15) is 4.79 Å². The molecule has 100 valence electrons. The molecule has 1 aliphatic carbocycles. The number of hydrogen-bond donors (Lipinski definition) is 1. The van der Waals surface area contributed by atoms with E-state index < -0.39 is 0 Å². The van der Waals surface area contributed by atoms with Crippen molar-refractivity contribution in [1.82, 2.24) is 9.47 Å². The second-order valence-corrected chi connectivity index (χ2v) is 5.27. The molecule has 18 heavy (non-hydrogen) atoms. The Morgan fingerprint density at radius 2 is 2.11 bits per heavy atom. The van der Waals surface area contributed by atoms with Crippen LogP contribution in [0.25, 0.3) is 0 Å². The number of aryl methyl sites for hydroxylation is 1. The van der Waals surface area contributed by atoms with E-state index in [0.717, 1.165) is 25.6 Å². The lowest BCUT2D eigenvalue weighted by atomic mass is 10.2. The van der Waals surface area contributed by atoms with Crippen molar-refractivity contribution < 1.29 is 0 Å². The minimum absolute atomic E-state index is 0.0349. The molecule has 0 bridgehead atoms. The van der Waals surface area contributed by atoms with E-state index in [2.05, 4.69) is 11.9 Å². The van der Waals surface area contributed by atoms with E-state index in [1.54, 1.807) is 16.8 Å². The summed E-state index contributed by atoms with van der Waals surface area (Å²) in [5.41, 5.74) is 6.37. The van der Waals surface area contributed by atoms with Crippen molar-refractivity contribution in [1.29, 1.82) is 0 Å². The molecule has 2 N–H and O–H groups in total. The van der Waals surface area contributed by atoms with E-state index in [-0.39, 0.29) is 5.56 Å². The molecule has 0 unspecified atom stereocenters. The highest BCUT2D eigenvalue weighted by atomic mass is 16.1. The van der Waals surface area contributed by atoms with E-state index in [1.165, 1.54) is 31.7 Å². The highest BCUT2D eigenvalue weighted by Gasteiger charge is 2.18. The summed E-state index contributed by atoms with van der Waals surface area (Å²) in [6.45, 7) is 1.80. The Morgan fingerprint density at radius 1 is 1.39 bits per heavy atom. The Bertz CT molecular complexity index is 435. The average molecular weight is 249 g/mol. The molecule has 0 saturated heterocycles. The SMILES string of the molecule is CN(CCCn1cc(N)ccc1=O)C1CCCC1. The van der Waals surface area contributed by atoms with Gasteiger partial charge in [0.1, 0.15) is 0 Å². The molecular formula is C14H23N3O. The number of hydrogen-bond acceptors (Lipinski definition) is 3. The zero-order chi connectivity index (χ0) is 13.0. The minimum Gasteiger partial charge on any atom is -0.398 e. The second kappa shape index (κ2) is 6.05. The monoisotopic (exact) mass is 249 g/mol. The Kier molecular flexibility index (Phi) is 4.42. The van der Waals surface area contributed by atoms with Gasteiger partial charge in [-0.2, -0.15) is 0 Å². The third-order valence-electron chi connectivity index (χ3n) is 3.86. The Hall–Kier alpha value is -1.29. The Labute approximate surface area is 108 Å². The summed E-state index contributed by atoms with van der Waals surface area (Å²) in [7, 11) is 2.19. The summed E-state index contributed by atoms with van der Waals surface area (Å²) in [6, 6.07) is 3.95. The standard InChI is InChI=1S/C14H23N3O/c1-16(13-5-2-3-6-13)9-4-10-17-11-12(15)7-8-14(17)18/h7-8,11,13H,2-6,9-10,15H2,1H3. The fourth-order valence-corrected chi connectivity index (χ4v) is 2.74. The number of nitrogens with zero attached hydrogens (tertiary/aromatic N) is 2. The molecule has 0 amide bonds. The molecule has 1 heterocycles. The molecular weight excluding hydrogens is 226 g/mol. The van der Waals surface area contributed by atoms with Gasteiger partial charge in [0.05, 0.1) is 0 Å². The molecule has 0 spiro atoms. The second-order valence-electron chi connectivity index (χ2n) is 5.27. The predicted molar refractivity (Wildman–Crippen MR) is 74.6 cm³/mol. The van der Waals surface area contributed by atoms with Gasteiger partial charge in [-0.1, -0.05) is 12.8 Å². The van der Waals surface area contributed by atoms with Crippen molar-refractivity contribution in [2.75, 3.05) is 19.3 Å². The summed E-state index contributed by atoms with van der Waals surface area (Å²) >= 11 is 0. The van der Waals surface area contributed by atoms with Crippen LogP contribution < -0.4 is 11.3 Å². The summed E-state index contributed by atoms with van der Waals surface area (Å²) < 4.78 is 1.71. The van der Waals surface area contributed by atoms with Crippen LogP contribution in [0.15, 0.2) is 23.1 Å². The number of nitrogen functional groups attached to an aromatic ring is 1. The first-order valence-corrected chi connectivity index (χ1v) is 6.83. The van der Waals surface area contributed by atoms with Gasteiger partial charge < -0.3 is 15.2 Å². The van der Waals surface area contributed by atoms with Crippen molar-refractivity contribution in [2.24, 2.45) is 0 Å². The van der Waals surface area contributed by atoms with E-state index in [0.29, 0.717) is 5.69 Å². The molecule has 0 atom stereocenters. The Morgan fingerprint density at radius 3 is 2.83 bits per heavy atom. The van der Waals surface area contributed by atoms with Crippen molar-refractivity contribution in [3.8, 4) is 0 Å². The van der Waals surface area contributed by atoms with Crippen LogP contribution in [0, 0.1) is 0 Å². The maximum absolute atomic E-state index is 11.6. The molecule has 1 fully saturated rings. The minimum atomic E-state index is 0.0349. The smallest absolute Gasteiger partial charge is 0.250 e. The number of rotatable bonds is 5. The molecule has 1 saturated carbocycles. The zero-order valence-corrected chi connectivity index (χ0v) is 11.1. The van der Waals surface area contributed by atoms with Crippen molar-refractivity contribution >= 4 is 5.69 Å². The van der Waals surface area contributed by atoms with Gasteiger partial charge in [0, 0.05) is 30.5 Å². The lowest BCUT2D eigenvalue weighted by Gasteiger charge is -2.23. The van der Waals surface area contributed by atoms with Gasteiger partial charge in [-0.05, 0) is 38.9 Å². The van der Waals surface area contributed by atoms with E-state index in [1.807, 2.05) is 0 Å². The molecule has 0 aliphatic heterocycles. The van der Waals surface area contributed by atoms with Gasteiger partial charge in [0.15, 0.2) is 0 Å². The van der Waals surface area contributed by atoms with Crippen LogP contribution in [-0.2, 0) is 6.54 Å². The van der Waals surface area contributed by atoms with Gasteiger partial charge in [0.25, 0.3) is 5.56 Å². The first kappa shape index (κ1) is 13.1. The first-order valence-electron chi connectivity index (χ1n) is 6.83. The zero-order valence-electron chi connectivity index (χ0n) is 11.1. The lowest BCUT2D eigenvalue weighted by molar-refractivity contribution is 0.238. The number of nitrogens with two attached hydrogens (primary N) is 1. The van der Waals surface area contributed by atoms with Gasteiger partial charge >= 0.3 is 0 Å². The quantitative estimate of drug-likeness (QED) is 0.864. The largest absolute Gasteiger partial charge is 0.398 e. The van der Waals surface area contributed by atoms with Crippen LogP contribution in [-0.4, -0.2) is 29.1 Å². The maximum atomic E-state index is 11.6. The normalized spacial score (nSPS) is 16.6. The highest BCUT2D eigenvalue weighted by molar-refractivity contribution is 5.33. The molecule has 1 aromatic rings. The predicted octanol–water partition coefficient (Wildman–Crippen LogP) is 1.69. The number of anilines is 1. The van der Waals surface area contributed by atoms with Gasteiger partial charge in [-0.25, -0.2) is 0 Å². The molecule has 0 radical (unpaired) electrons. The summed E-state index contributed by atoms with van der Waals surface area (Å²) in [4.78, 5) is 14.0. The topological polar surface area (TPSA) is 51.3 Å². The van der Waals surface area contributed by atoms with Crippen LogP contribution >= 0.6 is 0 Å². The molecule has 2 rings (SSSR count). The number of pyridine rings is 1. The first-order chi connectivity index (χ1) is 8.66. The third kappa shape index (κ3) is 3.35. The van der Waals surface area contributed by atoms with Crippen molar-refractivity contribution in [2.45, 2.75) is 44.7 Å². The Balaban J connectivity index is 1.80. The summed E-state index contributed by atoms with van der Waals surface area (Å²) in [5, 5.41) is 0. The van der Waals surface area contributed by atoms with E-state index >= 15 is 0 Å². The van der Waals surface area contributed by atoms with Crippen molar-refractivity contribution in [3.63, 3.8) is 0 Å².